The average Bonchev–Trinajstić information content (AvgIpc) is 2.24. The van der Waals surface area contributed by atoms with Crippen LogP contribution in [0, 0.1) is 6.92 Å². The van der Waals surface area contributed by atoms with E-state index in [1.54, 1.807) is 6.07 Å². The summed E-state index contributed by atoms with van der Waals surface area (Å²) in [5, 5.41) is 18.2. The zero-order chi connectivity index (χ0) is 13.0. The Kier molecular flexibility index (Phi) is 4.45. The van der Waals surface area contributed by atoms with Crippen LogP contribution in [0.1, 0.15) is 29.9 Å². The maximum absolute atomic E-state index is 11.1. The highest BCUT2D eigenvalue weighted by molar-refractivity contribution is 5.94. The lowest BCUT2D eigenvalue weighted by molar-refractivity contribution is 0.0697. The number of rotatable bonds is 5. The Hall–Kier alpha value is -1.62. The average molecular weight is 238 g/mol. The van der Waals surface area contributed by atoms with Gasteiger partial charge in [0.1, 0.15) is 5.56 Å². The molecule has 1 aromatic rings. The maximum atomic E-state index is 11.1. The number of anilines is 1. The summed E-state index contributed by atoms with van der Waals surface area (Å²) in [6.45, 7) is 6.11. The van der Waals surface area contributed by atoms with Gasteiger partial charge in [0.15, 0.2) is 0 Å². The van der Waals surface area contributed by atoms with Crippen LogP contribution in [0.4, 0.5) is 5.69 Å². The van der Waals surface area contributed by atoms with Gasteiger partial charge < -0.3 is 15.1 Å². The van der Waals surface area contributed by atoms with E-state index < -0.39 is 5.97 Å². The molecule has 0 aliphatic carbocycles. The van der Waals surface area contributed by atoms with Gasteiger partial charge in [-0.05, 0) is 26.8 Å². The van der Waals surface area contributed by atoms with Gasteiger partial charge in [-0.2, -0.15) is 0 Å². The summed E-state index contributed by atoms with van der Waals surface area (Å²) < 4.78 is 0. The van der Waals surface area contributed by atoms with Crippen molar-refractivity contribution in [3.8, 4) is 0 Å². The second-order valence-electron chi connectivity index (χ2n) is 4.16. The molecule has 1 heterocycles. The number of nitrogens with zero attached hydrogens (tertiary/aromatic N) is 2. The second kappa shape index (κ2) is 5.63. The van der Waals surface area contributed by atoms with Gasteiger partial charge in [0.05, 0.1) is 12.3 Å². The summed E-state index contributed by atoms with van der Waals surface area (Å²) >= 11 is 0. The van der Waals surface area contributed by atoms with Crippen LogP contribution in [0.2, 0.25) is 0 Å². The van der Waals surface area contributed by atoms with E-state index in [1.165, 1.54) is 6.20 Å². The van der Waals surface area contributed by atoms with Crippen LogP contribution in [0.3, 0.4) is 0 Å². The van der Waals surface area contributed by atoms with Crippen molar-refractivity contribution in [3.05, 3.63) is 23.5 Å². The smallest absolute Gasteiger partial charge is 0.339 e. The van der Waals surface area contributed by atoms with E-state index in [1.807, 2.05) is 25.7 Å². The minimum absolute atomic E-state index is 0.0153. The number of aliphatic hydroxyl groups excluding tert-OH is 1. The molecule has 0 amide bonds. The lowest BCUT2D eigenvalue weighted by Crippen LogP contribution is -2.34. The fourth-order valence-corrected chi connectivity index (χ4v) is 1.71. The Morgan fingerprint density at radius 1 is 1.53 bits per heavy atom. The van der Waals surface area contributed by atoms with Crippen molar-refractivity contribution in [2.75, 3.05) is 18.1 Å². The first-order valence-electron chi connectivity index (χ1n) is 5.54. The normalized spacial score (nSPS) is 10.6. The lowest BCUT2D eigenvalue weighted by atomic mass is 10.1. The molecule has 0 saturated carbocycles. The molecule has 0 spiro atoms. The third kappa shape index (κ3) is 3.17. The first-order valence-corrected chi connectivity index (χ1v) is 5.54. The molecule has 0 aliphatic rings. The number of carboxylic acids is 1. The Morgan fingerprint density at radius 3 is 2.65 bits per heavy atom. The van der Waals surface area contributed by atoms with Gasteiger partial charge in [0.25, 0.3) is 0 Å². The largest absolute Gasteiger partial charge is 0.478 e. The molecule has 0 bridgehead atoms. The van der Waals surface area contributed by atoms with Crippen molar-refractivity contribution < 1.29 is 15.0 Å². The van der Waals surface area contributed by atoms with Gasteiger partial charge in [-0.1, -0.05) is 0 Å². The molecule has 1 rings (SSSR count). The van der Waals surface area contributed by atoms with Crippen molar-refractivity contribution in [1.29, 1.82) is 0 Å². The number of carboxylic acid groups (broad SMARTS) is 1. The summed E-state index contributed by atoms with van der Waals surface area (Å²) in [4.78, 5) is 17.0. The third-order valence-electron chi connectivity index (χ3n) is 2.52. The van der Waals surface area contributed by atoms with E-state index in [2.05, 4.69) is 4.98 Å². The Bertz CT molecular complexity index is 405. The van der Waals surface area contributed by atoms with E-state index in [0.717, 1.165) is 5.69 Å². The summed E-state index contributed by atoms with van der Waals surface area (Å²) in [6, 6.07) is 1.85. The minimum atomic E-state index is -1.00. The molecular formula is C12H18N2O3. The number of hydrogen-bond donors (Lipinski definition) is 2. The van der Waals surface area contributed by atoms with Crippen molar-refractivity contribution in [2.45, 2.75) is 26.8 Å². The maximum Gasteiger partial charge on any atom is 0.339 e. The van der Waals surface area contributed by atoms with Crippen LogP contribution in [0.15, 0.2) is 12.3 Å². The van der Waals surface area contributed by atoms with Crippen LogP contribution in [-0.4, -0.2) is 40.4 Å². The SMILES string of the molecule is Cc1cc(N(CCO)C(C)C)c(C(=O)O)cn1. The van der Waals surface area contributed by atoms with E-state index in [9.17, 15) is 4.79 Å². The molecule has 2 N–H and O–H groups in total. The Morgan fingerprint density at radius 2 is 2.18 bits per heavy atom. The van der Waals surface area contributed by atoms with E-state index in [0.29, 0.717) is 12.2 Å². The molecule has 17 heavy (non-hydrogen) atoms. The number of hydrogen-bond acceptors (Lipinski definition) is 4. The molecule has 5 heteroatoms. The van der Waals surface area contributed by atoms with Crippen LogP contribution in [0.5, 0.6) is 0 Å². The molecule has 0 atom stereocenters. The summed E-state index contributed by atoms with van der Waals surface area (Å²) in [5.74, 6) is -1.00. The summed E-state index contributed by atoms with van der Waals surface area (Å²) in [5.41, 5.74) is 1.53. The molecule has 0 unspecified atom stereocenters. The number of aromatic carboxylic acids is 1. The Balaban J connectivity index is 3.24. The monoisotopic (exact) mass is 238 g/mol. The number of aryl methyl sites for hydroxylation is 1. The molecular weight excluding hydrogens is 220 g/mol. The fourth-order valence-electron chi connectivity index (χ4n) is 1.71. The number of pyridine rings is 1. The molecule has 94 valence electrons. The highest BCUT2D eigenvalue weighted by Gasteiger charge is 2.18. The number of carbonyl (C=O) groups is 1. The Labute approximate surface area is 101 Å². The predicted octanol–water partition coefficient (Wildman–Crippen LogP) is 1.30. The third-order valence-corrected chi connectivity index (χ3v) is 2.52. The minimum Gasteiger partial charge on any atom is -0.478 e. The van der Waals surface area contributed by atoms with E-state index in [-0.39, 0.29) is 18.2 Å². The highest BCUT2D eigenvalue weighted by Crippen LogP contribution is 2.22. The summed E-state index contributed by atoms with van der Waals surface area (Å²) in [7, 11) is 0. The first-order chi connectivity index (χ1) is 7.97. The topological polar surface area (TPSA) is 73.7 Å². The number of aliphatic hydroxyl groups is 1. The van der Waals surface area contributed by atoms with Crippen molar-refractivity contribution in [2.24, 2.45) is 0 Å². The first kappa shape index (κ1) is 13.4. The van der Waals surface area contributed by atoms with Crippen LogP contribution in [0.25, 0.3) is 0 Å². The van der Waals surface area contributed by atoms with Gasteiger partial charge in [-0.3, -0.25) is 4.98 Å². The molecule has 0 aromatic carbocycles. The van der Waals surface area contributed by atoms with Crippen molar-refractivity contribution in [3.63, 3.8) is 0 Å². The number of aromatic nitrogens is 1. The molecule has 0 fully saturated rings. The highest BCUT2D eigenvalue weighted by atomic mass is 16.4. The van der Waals surface area contributed by atoms with Crippen LogP contribution < -0.4 is 4.90 Å². The van der Waals surface area contributed by atoms with Gasteiger partial charge in [-0.15, -0.1) is 0 Å². The zero-order valence-electron chi connectivity index (χ0n) is 10.3. The van der Waals surface area contributed by atoms with Gasteiger partial charge in [0, 0.05) is 24.5 Å². The molecule has 0 radical (unpaired) electrons. The van der Waals surface area contributed by atoms with Crippen LogP contribution >= 0.6 is 0 Å². The van der Waals surface area contributed by atoms with E-state index in [4.69, 9.17) is 10.2 Å². The summed E-state index contributed by atoms with van der Waals surface area (Å²) in [6.07, 6.45) is 1.36. The molecule has 5 nitrogen and oxygen atoms in total. The van der Waals surface area contributed by atoms with Crippen LogP contribution in [-0.2, 0) is 0 Å². The zero-order valence-corrected chi connectivity index (χ0v) is 10.3. The van der Waals surface area contributed by atoms with Gasteiger partial charge in [-0.25, -0.2) is 4.79 Å². The molecule has 0 saturated heterocycles. The lowest BCUT2D eigenvalue weighted by Gasteiger charge is -2.29. The fraction of sp³-hybridized carbons (Fsp3) is 0.500. The van der Waals surface area contributed by atoms with Gasteiger partial charge in [0.2, 0.25) is 0 Å². The predicted molar refractivity (Wildman–Crippen MR) is 65.5 cm³/mol. The van der Waals surface area contributed by atoms with Crippen molar-refractivity contribution >= 4 is 11.7 Å². The standard InChI is InChI=1S/C12H18N2O3/c1-8(2)14(4-5-15)11-6-9(3)13-7-10(11)12(16)17/h6-8,15H,4-5H2,1-3H3,(H,16,17). The van der Waals surface area contributed by atoms with E-state index >= 15 is 0 Å². The second-order valence-corrected chi connectivity index (χ2v) is 4.16. The molecule has 1 aromatic heterocycles. The molecule has 0 aliphatic heterocycles. The quantitative estimate of drug-likeness (QED) is 0.808. The van der Waals surface area contributed by atoms with Crippen molar-refractivity contribution in [1.82, 2.24) is 4.98 Å². The van der Waals surface area contributed by atoms with Gasteiger partial charge >= 0.3 is 5.97 Å².